The lowest BCUT2D eigenvalue weighted by Crippen LogP contribution is -2.03. The fourth-order valence-corrected chi connectivity index (χ4v) is 3.01. The van der Waals surface area contributed by atoms with Gasteiger partial charge in [-0.1, -0.05) is 74.9 Å². The van der Waals surface area contributed by atoms with Crippen LogP contribution in [0, 0.1) is 0 Å². The minimum Gasteiger partial charge on any atom is -0.236 e. The summed E-state index contributed by atoms with van der Waals surface area (Å²) < 4.78 is 1.98. The molecule has 0 aliphatic heterocycles. The number of hydrogen-bond donors (Lipinski definition) is 0. The maximum atomic E-state index is 4.36. The minimum absolute atomic E-state index is 0.773. The first kappa shape index (κ1) is 15.8. The summed E-state index contributed by atoms with van der Waals surface area (Å²) >= 11 is 1.80. The molecule has 3 nitrogen and oxygen atoms in total. The summed E-state index contributed by atoms with van der Waals surface area (Å²) in [4.78, 5) is 4.36. The van der Waals surface area contributed by atoms with E-state index < -0.39 is 0 Å². The predicted octanol–water partition coefficient (Wildman–Crippen LogP) is 4.64. The van der Waals surface area contributed by atoms with E-state index in [4.69, 9.17) is 0 Å². The van der Waals surface area contributed by atoms with E-state index in [1.165, 1.54) is 31.2 Å². The first-order valence-corrected chi connectivity index (χ1v) is 8.54. The number of thioether (sulfide) groups is 1. The molecule has 0 atom stereocenters. The van der Waals surface area contributed by atoms with Gasteiger partial charge >= 0.3 is 0 Å². The molecule has 112 valence electrons. The summed E-state index contributed by atoms with van der Waals surface area (Å²) in [6, 6.07) is 8.40. The molecule has 2 aromatic rings. The number of benzene rings is 1. The maximum absolute atomic E-state index is 4.36. The number of hydrogen-bond acceptors (Lipinski definition) is 3. The second-order valence-electron chi connectivity index (χ2n) is 5.06. The van der Waals surface area contributed by atoms with Crippen molar-refractivity contribution < 1.29 is 0 Å². The third-order valence-corrected chi connectivity index (χ3v) is 4.42. The molecule has 0 fully saturated rings. The molecule has 0 spiro atoms. The van der Waals surface area contributed by atoms with Crippen molar-refractivity contribution in [1.82, 2.24) is 14.8 Å². The molecule has 4 heteroatoms. The highest BCUT2D eigenvalue weighted by Crippen LogP contribution is 2.18. The van der Waals surface area contributed by atoms with Gasteiger partial charge in [0.05, 0.1) is 6.54 Å². The molecular formula is C17H23N3S. The van der Waals surface area contributed by atoms with Crippen LogP contribution in [0.3, 0.4) is 0 Å². The molecule has 2 rings (SSSR count). The van der Waals surface area contributed by atoms with Gasteiger partial charge in [-0.3, -0.25) is 0 Å². The van der Waals surface area contributed by atoms with E-state index in [1.54, 1.807) is 18.1 Å². The third kappa shape index (κ3) is 5.05. The fourth-order valence-electron chi connectivity index (χ4n) is 2.10. The monoisotopic (exact) mass is 301 g/mol. The van der Waals surface area contributed by atoms with E-state index >= 15 is 0 Å². The van der Waals surface area contributed by atoms with Crippen LogP contribution < -0.4 is 0 Å². The summed E-state index contributed by atoms with van der Waals surface area (Å²) in [6.07, 6.45) is 8.66. The SMILES string of the molecule is C=Cc1ccc(Cn2ncnc2SCCCCCC)cc1. The van der Waals surface area contributed by atoms with Crippen LogP contribution in [-0.4, -0.2) is 20.5 Å². The van der Waals surface area contributed by atoms with Gasteiger partial charge in [0.1, 0.15) is 6.33 Å². The number of unbranched alkanes of at least 4 members (excludes halogenated alkanes) is 3. The Hall–Kier alpha value is -1.55. The molecular weight excluding hydrogens is 278 g/mol. The van der Waals surface area contributed by atoms with Gasteiger partial charge in [0, 0.05) is 5.75 Å². The zero-order valence-corrected chi connectivity index (χ0v) is 13.5. The van der Waals surface area contributed by atoms with Crippen LogP contribution in [0.1, 0.15) is 43.7 Å². The van der Waals surface area contributed by atoms with E-state index in [0.717, 1.165) is 23.0 Å². The van der Waals surface area contributed by atoms with Crippen molar-refractivity contribution in [2.45, 2.75) is 44.3 Å². The smallest absolute Gasteiger partial charge is 0.186 e. The van der Waals surface area contributed by atoms with E-state index in [0.29, 0.717) is 0 Å². The predicted molar refractivity (Wildman–Crippen MR) is 90.5 cm³/mol. The number of nitrogens with zero attached hydrogens (tertiary/aromatic N) is 3. The van der Waals surface area contributed by atoms with Gasteiger partial charge in [-0.25, -0.2) is 9.67 Å². The molecule has 1 aromatic carbocycles. The quantitative estimate of drug-likeness (QED) is 0.499. The van der Waals surface area contributed by atoms with Crippen molar-refractivity contribution in [3.63, 3.8) is 0 Å². The molecule has 21 heavy (non-hydrogen) atoms. The van der Waals surface area contributed by atoms with Crippen LogP contribution in [0.4, 0.5) is 0 Å². The highest BCUT2D eigenvalue weighted by molar-refractivity contribution is 7.99. The fraction of sp³-hybridized carbons (Fsp3) is 0.412. The minimum atomic E-state index is 0.773. The summed E-state index contributed by atoms with van der Waals surface area (Å²) in [6.45, 7) is 6.78. The standard InChI is InChI=1S/C17H23N3S/c1-3-5-6-7-12-21-17-18-14-19-20(17)13-16-10-8-15(4-2)9-11-16/h4,8-11,14H,2-3,5-7,12-13H2,1H3. The van der Waals surface area contributed by atoms with Crippen LogP contribution in [0.5, 0.6) is 0 Å². The Labute approximate surface area is 131 Å². The van der Waals surface area contributed by atoms with Gasteiger partial charge in [-0.15, -0.1) is 0 Å². The normalized spacial score (nSPS) is 10.7. The molecule has 0 bridgehead atoms. The highest BCUT2D eigenvalue weighted by atomic mass is 32.2. The van der Waals surface area contributed by atoms with Gasteiger partial charge < -0.3 is 0 Å². The van der Waals surface area contributed by atoms with Gasteiger partial charge in [-0.05, 0) is 17.5 Å². The Morgan fingerprint density at radius 3 is 2.71 bits per heavy atom. The molecule has 0 saturated carbocycles. The van der Waals surface area contributed by atoms with E-state index in [-0.39, 0.29) is 0 Å². The largest absolute Gasteiger partial charge is 0.236 e. The number of aromatic nitrogens is 3. The summed E-state index contributed by atoms with van der Waals surface area (Å²) in [5, 5.41) is 5.35. The van der Waals surface area contributed by atoms with E-state index in [2.05, 4.69) is 47.9 Å². The highest BCUT2D eigenvalue weighted by Gasteiger charge is 2.05. The average molecular weight is 301 g/mol. The first-order valence-electron chi connectivity index (χ1n) is 7.55. The van der Waals surface area contributed by atoms with E-state index in [9.17, 15) is 0 Å². The van der Waals surface area contributed by atoms with Crippen molar-refractivity contribution in [2.75, 3.05) is 5.75 Å². The Kier molecular flexibility index (Phi) is 6.54. The zero-order chi connectivity index (χ0) is 14.9. The first-order chi connectivity index (χ1) is 10.3. The summed E-state index contributed by atoms with van der Waals surface area (Å²) in [7, 11) is 0. The second-order valence-corrected chi connectivity index (χ2v) is 6.12. The van der Waals surface area contributed by atoms with Crippen molar-refractivity contribution in [1.29, 1.82) is 0 Å². The van der Waals surface area contributed by atoms with Gasteiger partial charge in [-0.2, -0.15) is 5.10 Å². The van der Waals surface area contributed by atoms with Crippen molar-refractivity contribution in [3.8, 4) is 0 Å². The van der Waals surface area contributed by atoms with Gasteiger partial charge in [0.2, 0.25) is 0 Å². The van der Waals surface area contributed by atoms with E-state index in [1.807, 2.05) is 10.8 Å². The van der Waals surface area contributed by atoms with Crippen molar-refractivity contribution >= 4 is 17.8 Å². The molecule has 0 radical (unpaired) electrons. The molecule has 0 saturated heterocycles. The lowest BCUT2D eigenvalue weighted by molar-refractivity contribution is 0.617. The Bertz CT molecular complexity index is 545. The molecule has 0 aliphatic rings. The van der Waals surface area contributed by atoms with Crippen LogP contribution in [0.2, 0.25) is 0 Å². The topological polar surface area (TPSA) is 30.7 Å². The second kappa shape index (κ2) is 8.67. The molecule has 1 heterocycles. The Morgan fingerprint density at radius 2 is 2.00 bits per heavy atom. The van der Waals surface area contributed by atoms with Crippen LogP contribution in [0.15, 0.2) is 42.3 Å². The lowest BCUT2D eigenvalue weighted by atomic mass is 10.1. The summed E-state index contributed by atoms with van der Waals surface area (Å²) in [5.41, 5.74) is 2.38. The molecule has 1 aromatic heterocycles. The molecule has 0 N–H and O–H groups in total. The zero-order valence-electron chi connectivity index (χ0n) is 12.7. The molecule has 0 unspecified atom stereocenters. The third-order valence-electron chi connectivity index (χ3n) is 3.36. The maximum Gasteiger partial charge on any atom is 0.186 e. The van der Waals surface area contributed by atoms with Crippen LogP contribution in [-0.2, 0) is 6.54 Å². The van der Waals surface area contributed by atoms with Gasteiger partial charge in [0.25, 0.3) is 0 Å². The molecule has 0 amide bonds. The summed E-state index contributed by atoms with van der Waals surface area (Å²) in [5.74, 6) is 1.12. The number of rotatable bonds is 9. The lowest BCUT2D eigenvalue weighted by Gasteiger charge is -2.06. The van der Waals surface area contributed by atoms with Crippen LogP contribution in [0.25, 0.3) is 6.08 Å². The average Bonchev–Trinajstić information content (AvgIpc) is 2.95. The van der Waals surface area contributed by atoms with Gasteiger partial charge in [0.15, 0.2) is 5.16 Å². The Balaban J connectivity index is 1.88. The molecule has 0 aliphatic carbocycles. The van der Waals surface area contributed by atoms with Crippen LogP contribution >= 0.6 is 11.8 Å². The van der Waals surface area contributed by atoms with Crippen molar-refractivity contribution in [3.05, 3.63) is 48.3 Å². The van der Waals surface area contributed by atoms with Crippen molar-refractivity contribution in [2.24, 2.45) is 0 Å². The Morgan fingerprint density at radius 1 is 1.19 bits per heavy atom.